The number of ether oxygens (including phenoxy) is 1. The van der Waals surface area contributed by atoms with Crippen molar-refractivity contribution in [1.29, 1.82) is 0 Å². The van der Waals surface area contributed by atoms with Crippen molar-refractivity contribution in [1.82, 2.24) is 4.98 Å². The van der Waals surface area contributed by atoms with E-state index >= 15 is 0 Å². The minimum atomic E-state index is -0.338. The molecule has 0 atom stereocenters. The Morgan fingerprint density at radius 1 is 1.09 bits per heavy atom. The highest BCUT2D eigenvalue weighted by molar-refractivity contribution is 7.14. The third-order valence-corrected chi connectivity index (χ3v) is 4.10. The first-order chi connectivity index (χ1) is 11.2. The van der Waals surface area contributed by atoms with Gasteiger partial charge in [0.1, 0.15) is 17.4 Å². The van der Waals surface area contributed by atoms with Gasteiger partial charge in [-0.2, -0.15) is 0 Å². The minimum Gasteiger partial charge on any atom is -0.496 e. The van der Waals surface area contributed by atoms with E-state index in [0.29, 0.717) is 28.7 Å². The van der Waals surface area contributed by atoms with Gasteiger partial charge in [-0.1, -0.05) is 12.1 Å². The second-order valence-corrected chi connectivity index (χ2v) is 5.72. The number of benzene rings is 2. The van der Waals surface area contributed by atoms with Crippen molar-refractivity contribution in [3.05, 3.63) is 65.0 Å². The number of halogens is 2. The molecule has 0 saturated heterocycles. The second-order valence-electron chi connectivity index (χ2n) is 4.86. The molecule has 0 radical (unpaired) electrons. The van der Waals surface area contributed by atoms with Crippen LogP contribution in [0.4, 0.5) is 13.9 Å². The molecule has 3 aromatic rings. The zero-order valence-electron chi connectivity index (χ0n) is 12.3. The van der Waals surface area contributed by atoms with Gasteiger partial charge in [0.2, 0.25) is 0 Å². The average Bonchev–Trinajstić information content (AvgIpc) is 3.03. The molecule has 6 heteroatoms. The van der Waals surface area contributed by atoms with Crippen LogP contribution in [0.2, 0.25) is 0 Å². The summed E-state index contributed by atoms with van der Waals surface area (Å²) in [7, 11) is 1.54. The van der Waals surface area contributed by atoms with E-state index in [1.54, 1.807) is 18.2 Å². The van der Waals surface area contributed by atoms with Crippen LogP contribution in [-0.2, 0) is 6.54 Å². The van der Waals surface area contributed by atoms with Crippen molar-refractivity contribution < 1.29 is 13.5 Å². The molecule has 0 unspecified atom stereocenters. The van der Waals surface area contributed by atoms with Gasteiger partial charge in [-0.15, -0.1) is 11.3 Å². The van der Waals surface area contributed by atoms with Crippen LogP contribution in [-0.4, -0.2) is 12.1 Å². The van der Waals surface area contributed by atoms with Gasteiger partial charge in [0.15, 0.2) is 5.13 Å². The van der Waals surface area contributed by atoms with Gasteiger partial charge in [-0.05, 0) is 35.9 Å². The number of aromatic nitrogens is 1. The highest BCUT2D eigenvalue weighted by Crippen LogP contribution is 2.32. The lowest BCUT2D eigenvalue weighted by Crippen LogP contribution is -1.99. The molecule has 1 heterocycles. The summed E-state index contributed by atoms with van der Waals surface area (Å²) in [4.78, 5) is 4.45. The lowest BCUT2D eigenvalue weighted by atomic mass is 10.1. The molecule has 0 aliphatic heterocycles. The number of hydrogen-bond donors (Lipinski definition) is 1. The summed E-state index contributed by atoms with van der Waals surface area (Å²) in [6, 6.07) is 10.6. The first-order valence-electron chi connectivity index (χ1n) is 6.93. The number of rotatable bonds is 5. The first kappa shape index (κ1) is 15.4. The first-order valence-corrected chi connectivity index (χ1v) is 7.81. The smallest absolute Gasteiger partial charge is 0.183 e. The minimum absolute atomic E-state index is 0.261. The highest BCUT2D eigenvalue weighted by atomic mass is 32.1. The zero-order valence-corrected chi connectivity index (χ0v) is 13.2. The molecule has 0 amide bonds. The van der Waals surface area contributed by atoms with Crippen LogP contribution in [0.5, 0.6) is 5.75 Å². The largest absolute Gasteiger partial charge is 0.496 e. The van der Waals surface area contributed by atoms with Crippen LogP contribution >= 0.6 is 11.3 Å². The number of nitrogens with one attached hydrogen (secondary N) is 1. The molecule has 0 saturated carbocycles. The lowest BCUT2D eigenvalue weighted by Gasteiger charge is -2.06. The molecule has 2 aromatic carbocycles. The number of thiazole rings is 1. The molecule has 3 nitrogen and oxygen atoms in total. The van der Waals surface area contributed by atoms with E-state index in [0.717, 1.165) is 5.56 Å². The number of methoxy groups -OCH3 is 1. The SMILES string of the molecule is COc1ccc(F)cc1-c1csc(NCc2ccc(F)cc2)n1. The Labute approximate surface area is 136 Å². The fourth-order valence-electron chi connectivity index (χ4n) is 2.14. The van der Waals surface area contributed by atoms with Crippen molar-refractivity contribution in [2.75, 3.05) is 12.4 Å². The average molecular weight is 332 g/mol. The van der Waals surface area contributed by atoms with Crippen LogP contribution in [0.3, 0.4) is 0 Å². The molecule has 23 heavy (non-hydrogen) atoms. The third kappa shape index (κ3) is 3.65. The van der Waals surface area contributed by atoms with E-state index in [1.807, 2.05) is 5.38 Å². The maximum absolute atomic E-state index is 13.5. The summed E-state index contributed by atoms with van der Waals surface area (Å²) >= 11 is 1.42. The summed E-state index contributed by atoms with van der Waals surface area (Å²) in [6.45, 7) is 0.535. The normalized spacial score (nSPS) is 10.6. The predicted molar refractivity (Wildman–Crippen MR) is 87.8 cm³/mol. The van der Waals surface area contributed by atoms with E-state index in [9.17, 15) is 8.78 Å². The maximum Gasteiger partial charge on any atom is 0.183 e. The molecular formula is C17H14F2N2OS. The van der Waals surface area contributed by atoms with Crippen LogP contribution in [0, 0.1) is 11.6 Å². The topological polar surface area (TPSA) is 34.1 Å². The maximum atomic E-state index is 13.5. The molecule has 0 bridgehead atoms. The Morgan fingerprint density at radius 3 is 2.57 bits per heavy atom. The fourth-order valence-corrected chi connectivity index (χ4v) is 2.85. The molecule has 118 valence electrons. The summed E-state index contributed by atoms with van der Waals surface area (Å²) in [5.41, 5.74) is 2.21. The monoisotopic (exact) mass is 332 g/mol. The highest BCUT2D eigenvalue weighted by Gasteiger charge is 2.11. The fraction of sp³-hybridized carbons (Fsp3) is 0.118. The second kappa shape index (κ2) is 6.75. The Hall–Kier alpha value is -2.47. The zero-order chi connectivity index (χ0) is 16.2. The summed E-state index contributed by atoms with van der Waals surface area (Å²) in [5, 5.41) is 5.71. The molecule has 3 rings (SSSR count). The van der Waals surface area contributed by atoms with E-state index in [1.165, 1.54) is 42.7 Å². The van der Waals surface area contributed by atoms with Crippen LogP contribution < -0.4 is 10.1 Å². The van der Waals surface area contributed by atoms with Crippen LogP contribution in [0.25, 0.3) is 11.3 Å². The molecule has 0 fully saturated rings. The van der Waals surface area contributed by atoms with Crippen molar-refractivity contribution in [2.45, 2.75) is 6.54 Å². The molecular weight excluding hydrogens is 318 g/mol. The van der Waals surface area contributed by atoms with Gasteiger partial charge in [0, 0.05) is 17.5 Å². The molecule has 0 aliphatic rings. The lowest BCUT2D eigenvalue weighted by molar-refractivity contribution is 0.415. The quantitative estimate of drug-likeness (QED) is 0.735. The molecule has 1 N–H and O–H groups in total. The molecule has 1 aromatic heterocycles. The number of hydrogen-bond acceptors (Lipinski definition) is 4. The van der Waals surface area contributed by atoms with E-state index in [-0.39, 0.29) is 11.6 Å². The van der Waals surface area contributed by atoms with Crippen molar-refractivity contribution in [3.63, 3.8) is 0 Å². The predicted octanol–water partition coefficient (Wildman–Crippen LogP) is 4.71. The Bertz CT molecular complexity index is 803. The van der Waals surface area contributed by atoms with E-state index < -0.39 is 0 Å². The Morgan fingerprint density at radius 2 is 1.83 bits per heavy atom. The van der Waals surface area contributed by atoms with Crippen molar-refractivity contribution in [2.24, 2.45) is 0 Å². The van der Waals surface area contributed by atoms with Gasteiger partial charge in [-0.3, -0.25) is 0 Å². The summed E-state index contributed by atoms with van der Waals surface area (Å²) < 4.78 is 31.6. The van der Waals surface area contributed by atoms with Crippen LogP contribution in [0.15, 0.2) is 47.8 Å². The molecule has 0 spiro atoms. The van der Waals surface area contributed by atoms with Gasteiger partial charge < -0.3 is 10.1 Å². The van der Waals surface area contributed by atoms with Crippen molar-refractivity contribution >= 4 is 16.5 Å². The standard InChI is InChI=1S/C17H14F2N2OS/c1-22-16-7-6-13(19)8-14(16)15-10-23-17(21-15)20-9-11-2-4-12(18)5-3-11/h2-8,10H,9H2,1H3,(H,20,21). The number of anilines is 1. The van der Waals surface area contributed by atoms with Gasteiger partial charge in [0.25, 0.3) is 0 Å². The Balaban J connectivity index is 1.75. The summed E-state index contributed by atoms with van der Waals surface area (Å²) in [6.07, 6.45) is 0. The van der Waals surface area contributed by atoms with E-state index in [4.69, 9.17) is 4.74 Å². The van der Waals surface area contributed by atoms with Gasteiger partial charge in [0.05, 0.1) is 12.8 Å². The van der Waals surface area contributed by atoms with Gasteiger partial charge >= 0.3 is 0 Å². The summed E-state index contributed by atoms with van der Waals surface area (Å²) in [5.74, 6) is -0.0279. The molecule has 0 aliphatic carbocycles. The van der Waals surface area contributed by atoms with Crippen LogP contribution in [0.1, 0.15) is 5.56 Å². The number of nitrogens with zero attached hydrogens (tertiary/aromatic N) is 1. The Kier molecular flexibility index (Phi) is 4.52. The third-order valence-electron chi connectivity index (χ3n) is 3.30. The van der Waals surface area contributed by atoms with Crippen molar-refractivity contribution in [3.8, 4) is 17.0 Å². The van der Waals surface area contributed by atoms with E-state index in [2.05, 4.69) is 10.3 Å². The van der Waals surface area contributed by atoms with Gasteiger partial charge in [-0.25, -0.2) is 13.8 Å².